The largest absolute Gasteiger partial charge is 0.507 e. The molecule has 1 N–H and O–H groups in total. The monoisotopic (exact) mass is 346 g/mol. The lowest BCUT2D eigenvalue weighted by atomic mass is 10.2. The predicted octanol–water partition coefficient (Wildman–Crippen LogP) is 2.75. The highest BCUT2D eigenvalue weighted by Crippen LogP contribution is 2.27. The summed E-state index contributed by atoms with van der Waals surface area (Å²) in [6.07, 6.45) is -0.218. The van der Waals surface area contributed by atoms with Crippen molar-refractivity contribution in [3.63, 3.8) is 0 Å². The molecule has 0 aliphatic carbocycles. The van der Waals surface area contributed by atoms with Crippen LogP contribution >= 0.6 is 22.6 Å². The van der Waals surface area contributed by atoms with Crippen LogP contribution < -0.4 is 0 Å². The van der Waals surface area contributed by atoms with Gasteiger partial charge in [-0.3, -0.25) is 0 Å². The van der Waals surface area contributed by atoms with Crippen LogP contribution in [0.15, 0.2) is 22.7 Å². The number of phenolic OH excluding ortho intramolecular Hbond substituents is 1. The molecule has 17 heavy (non-hydrogen) atoms. The van der Waals surface area contributed by atoms with E-state index in [2.05, 4.69) is 10.1 Å². The fourth-order valence-electron chi connectivity index (χ4n) is 1.27. The number of benzene rings is 1. The van der Waals surface area contributed by atoms with E-state index in [0.717, 1.165) is 3.57 Å². The van der Waals surface area contributed by atoms with Gasteiger partial charge in [0.2, 0.25) is 5.82 Å². The lowest BCUT2D eigenvalue weighted by Gasteiger charge is -2.01. The normalized spacial score (nSPS) is 12.6. The second-order valence-corrected chi connectivity index (χ2v) is 4.66. The molecule has 2 aromatic rings. The summed E-state index contributed by atoms with van der Waals surface area (Å²) in [6, 6.07) is 5.20. The van der Waals surface area contributed by atoms with Crippen molar-refractivity contribution in [1.82, 2.24) is 10.1 Å². The van der Waals surface area contributed by atoms with Crippen LogP contribution in [0.25, 0.3) is 11.5 Å². The molecule has 0 fully saturated rings. The van der Waals surface area contributed by atoms with Gasteiger partial charge in [-0.1, -0.05) is 5.16 Å². The molecule has 0 spiro atoms. The number of aromatic nitrogens is 2. The Kier molecular flexibility index (Phi) is 3.63. The fourth-order valence-corrected chi connectivity index (χ4v) is 1.60. The molecule has 0 saturated carbocycles. The number of aromatic hydroxyl groups is 1. The smallest absolute Gasteiger partial charge is 0.258 e. The van der Waals surface area contributed by atoms with Crippen molar-refractivity contribution in [3.8, 4) is 17.2 Å². The van der Waals surface area contributed by atoms with Crippen molar-refractivity contribution in [2.24, 2.45) is 0 Å². The maximum Gasteiger partial charge on any atom is 0.258 e. The zero-order valence-electron chi connectivity index (χ0n) is 9.35. The summed E-state index contributed by atoms with van der Waals surface area (Å²) in [4.78, 5) is 4.21. The zero-order valence-corrected chi connectivity index (χ0v) is 11.5. The van der Waals surface area contributed by atoms with E-state index in [1.54, 1.807) is 19.2 Å². The lowest BCUT2D eigenvalue weighted by Crippen LogP contribution is -1.97. The van der Waals surface area contributed by atoms with E-state index in [9.17, 15) is 5.11 Å². The number of nitrogens with zero attached hydrogens (tertiary/aromatic N) is 2. The number of phenols is 1. The number of halogens is 1. The summed E-state index contributed by atoms with van der Waals surface area (Å²) in [7, 11) is 1.58. The number of hydrogen-bond donors (Lipinski definition) is 1. The van der Waals surface area contributed by atoms with Crippen LogP contribution in [0.3, 0.4) is 0 Å². The van der Waals surface area contributed by atoms with Gasteiger partial charge in [-0.15, -0.1) is 0 Å². The van der Waals surface area contributed by atoms with Gasteiger partial charge in [0.25, 0.3) is 5.89 Å². The molecule has 90 valence electrons. The topological polar surface area (TPSA) is 68.4 Å². The van der Waals surface area contributed by atoms with E-state index >= 15 is 0 Å². The molecule has 1 aromatic heterocycles. The molecule has 0 aliphatic heterocycles. The third-order valence-electron chi connectivity index (χ3n) is 2.35. The predicted molar refractivity (Wildman–Crippen MR) is 69.5 cm³/mol. The molecule has 2 rings (SSSR count). The van der Waals surface area contributed by atoms with Gasteiger partial charge in [-0.25, -0.2) is 0 Å². The van der Waals surface area contributed by atoms with Crippen LogP contribution in [0, 0.1) is 3.57 Å². The van der Waals surface area contributed by atoms with E-state index in [-0.39, 0.29) is 11.9 Å². The Morgan fingerprint density at radius 3 is 2.88 bits per heavy atom. The minimum Gasteiger partial charge on any atom is -0.507 e. The van der Waals surface area contributed by atoms with E-state index in [1.807, 2.05) is 35.6 Å². The molecule has 1 atom stereocenters. The number of methoxy groups -OCH3 is 1. The molecule has 0 saturated heterocycles. The molecule has 0 radical (unpaired) electrons. The molecule has 6 heteroatoms. The third kappa shape index (κ3) is 2.58. The van der Waals surface area contributed by atoms with Crippen molar-refractivity contribution in [3.05, 3.63) is 27.6 Å². The molecule has 0 amide bonds. The molecule has 1 unspecified atom stereocenters. The van der Waals surface area contributed by atoms with Crippen LogP contribution in [-0.4, -0.2) is 22.4 Å². The first-order valence-corrected chi connectivity index (χ1v) is 6.05. The zero-order chi connectivity index (χ0) is 12.4. The molecule has 0 aliphatic rings. The lowest BCUT2D eigenvalue weighted by molar-refractivity contribution is 0.109. The number of ether oxygens (including phenoxy) is 1. The summed E-state index contributed by atoms with van der Waals surface area (Å²) in [6.45, 7) is 1.83. The first-order valence-electron chi connectivity index (χ1n) is 4.97. The standard InChI is InChI=1S/C11H11IN2O3/c1-6(16-2)10-13-11(17-14-10)7-3-4-8(12)9(15)5-7/h3-6,15H,1-2H3. The Bertz CT molecular complexity index is 527. The van der Waals surface area contributed by atoms with Gasteiger partial charge >= 0.3 is 0 Å². The molecule has 1 aromatic carbocycles. The van der Waals surface area contributed by atoms with Crippen molar-refractivity contribution < 1.29 is 14.4 Å². The summed E-state index contributed by atoms with van der Waals surface area (Å²) in [5.41, 5.74) is 0.685. The highest BCUT2D eigenvalue weighted by Gasteiger charge is 2.14. The van der Waals surface area contributed by atoms with Gasteiger partial charge in [0.05, 0.1) is 3.57 Å². The Morgan fingerprint density at radius 1 is 1.47 bits per heavy atom. The minimum absolute atomic E-state index is 0.197. The molecule has 1 heterocycles. The summed E-state index contributed by atoms with van der Waals surface area (Å²) < 4.78 is 11.0. The van der Waals surface area contributed by atoms with Gasteiger partial charge in [0.1, 0.15) is 11.9 Å². The Hall–Kier alpha value is -1.15. The van der Waals surface area contributed by atoms with Crippen molar-refractivity contribution in [2.45, 2.75) is 13.0 Å². The van der Waals surface area contributed by atoms with Gasteiger partial charge in [-0.05, 0) is 47.7 Å². The van der Waals surface area contributed by atoms with Crippen molar-refractivity contribution in [1.29, 1.82) is 0 Å². The SMILES string of the molecule is COC(C)c1noc(-c2ccc(I)c(O)c2)n1. The quantitative estimate of drug-likeness (QED) is 0.866. The van der Waals surface area contributed by atoms with Crippen molar-refractivity contribution in [2.75, 3.05) is 7.11 Å². The van der Waals surface area contributed by atoms with E-state index in [1.165, 1.54) is 0 Å². The first-order chi connectivity index (χ1) is 8.11. The fraction of sp³-hybridized carbons (Fsp3) is 0.273. The summed E-state index contributed by atoms with van der Waals surface area (Å²) in [5.74, 6) is 1.05. The van der Waals surface area contributed by atoms with Crippen LogP contribution in [0.2, 0.25) is 0 Å². The summed E-state index contributed by atoms with van der Waals surface area (Å²) >= 11 is 2.05. The van der Waals surface area contributed by atoms with Crippen LogP contribution in [0.4, 0.5) is 0 Å². The first kappa shape index (κ1) is 12.3. The average Bonchev–Trinajstić information content (AvgIpc) is 2.81. The second kappa shape index (κ2) is 5.01. The van der Waals surface area contributed by atoms with Gasteiger partial charge in [0, 0.05) is 12.7 Å². The highest BCUT2D eigenvalue weighted by atomic mass is 127. The Morgan fingerprint density at radius 2 is 2.24 bits per heavy atom. The molecule has 5 nitrogen and oxygen atoms in total. The van der Waals surface area contributed by atoms with Crippen molar-refractivity contribution >= 4 is 22.6 Å². The molecule has 0 bridgehead atoms. The second-order valence-electron chi connectivity index (χ2n) is 3.50. The maximum atomic E-state index is 9.60. The van der Waals surface area contributed by atoms with Crippen LogP contribution in [0.1, 0.15) is 18.9 Å². The van der Waals surface area contributed by atoms with Gasteiger partial charge in [-0.2, -0.15) is 4.98 Å². The average molecular weight is 346 g/mol. The highest BCUT2D eigenvalue weighted by molar-refractivity contribution is 14.1. The minimum atomic E-state index is -0.218. The van der Waals surface area contributed by atoms with E-state index in [4.69, 9.17) is 9.26 Å². The van der Waals surface area contributed by atoms with Crippen LogP contribution in [0.5, 0.6) is 5.75 Å². The number of rotatable bonds is 3. The summed E-state index contributed by atoms with van der Waals surface area (Å²) in [5, 5.41) is 13.4. The third-order valence-corrected chi connectivity index (χ3v) is 3.26. The van der Waals surface area contributed by atoms with Gasteiger partial charge < -0.3 is 14.4 Å². The van der Waals surface area contributed by atoms with Crippen LogP contribution in [-0.2, 0) is 4.74 Å². The van der Waals surface area contributed by atoms with E-state index in [0.29, 0.717) is 17.3 Å². The maximum absolute atomic E-state index is 9.60. The molecular weight excluding hydrogens is 335 g/mol. The van der Waals surface area contributed by atoms with E-state index < -0.39 is 0 Å². The Labute approximate surface area is 112 Å². The number of hydrogen-bond acceptors (Lipinski definition) is 5. The Balaban J connectivity index is 2.33. The van der Waals surface area contributed by atoms with Gasteiger partial charge in [0.15, 0.2) is 0 Å². The molecular formula is C11H11IN2O3.